The lowest BCUT2D eigenvalue weighted by atomic mass is 9.52. The van der Waals surface area contributed by atoms with Crippen LogP contribution in [0, 0.1) is 38.5 Å². The summed E-state index contributed by atoms with van der Waals surface area (Å²) in [5, 5.41) is 0. The summed E-state index contributed by atoms with van der Waals surface area (Å²) in [5.74, 6) is 2.81. The second kappa shape index (κ2) is 6.55. The van der Waals surface area contributed by atoms with Gasteiger partial charge in [0.05, 0.1) is 4.90 Å². The molecule has 5 fully saturated rings. The molecule has 0 radical (unpaired) electrons. The van der Waals surface area contributed by atoms with E-state index in [-0.39, 0.29) is 0 Å². The highest BCUT2D eigenvalue weighted by molar-refractivity contribution is 7.89. The molecule has 5 heteroatoms. The molecule has 1 aromatic carbocycles. The Morgan fingerprint density at radius 2 is 1.29 bits per heavy atom. The predicted molar refractivity (Wildman–Crippen MR) is 112 cm³/mol. The van der Waals surface area contributed by atoms with E-state index in [0.717, 1.165) is 47.5 Å². The molecule has 4 saturated carbocycles. The van der Waals surface area contributed by atoms with Gasteiger partial charge in [-0.1, -0.05) is 17.7 Å². The van der Waals surface area contributed by atoms with Crippen molar-refractivity contribution in [2.24, 2.45) is 17.8 Å². The molecule has 1 aromatic rings. The van der Waals surface area contributed by atoms with Gasteiger partial charge >= 0.3 is 0 Å². The van der Waals surface area contributed by atoms with Gasteiger partial charge in [0, 0.05) is 31.7 Å². The third-order valence-corrected chi connectivity index (χ3v) is 10.3. The molecule has 154 valence electrons. The fourth-order valence-electron chi connectivity index (χ4n) is 7.56. The number of hydrogen-bond donors (Lipinski definition) is 0. The van der Waals surface area contributed by atoms with E-state index in [1.54, 1.807) is 4.31 Å². The smallest absolute Gasteiger partial charge is 0.243 e. The molecular formula is C23H34N2O2S. The van der Waals surface area contributed by atoms with Crippen LogP contribution in [0.25, 0.3) is 0 Å². The van der Waals surface area contributed by atoms with Gasteiger partial charge in [-0.15, -0.1) is 0 Å². The third kappa shape index (κ3) is 2.96. The molecule has 1 heterocycles. The van der Waals surface area contributed by atoms with Gasteiger partial charge in [0.15, 0.2) is 0 Å². The topological polar surface area (TPSA) is 40.6 Å². The number of aryl methyl sites for hydroxylation is 3. The summed E-state index contributed by atoms with van der Waals surface area (Å²) in [7, 11) is -3.41. The third-order valence-electron chi connectivity index (χ3n) is 8.12. The van der Waals surface area contributed by atoms with Gasteiger partial charge < -0.3 is 0 Å². The van der Waals surface area contributed by atoms with Gasteiger partial charge in [0.1, 0.15) is 0 Å². The number of sulfonamides is 1. The maximum atomic E-state index is 13.4. The van der Waals surface area contributed by atoms with E-state index in [1.165, 1.54) is 38.5 Å². The Morgan fingerprint density at radius 3 is 1.75 bits per heavy atom. The quantitative estimate of drug-likeness (QED) is 0.770. The molecule has 6 rings (SSSR count). The van der Waals surface area contributed by atoms with Crippen LogP contribution in [-0.2, 0) is 10.0 Å². The average Bonchev–Trinajstić information content (AvgIpc) is 2.59. The van der Waals surface area contributed by atoms with Gasteiger partial charge in [-0.2, -0.15) is 4.31 Å². The first-order chi connectivity index (χ1) is 13.3. The molecule has 4 nitrogen and oxygen atoms in total. The van der Waals surface area contributed by atoms with Gasteiger partial charge in [0.25, 0.3) is 0 Å². The van der Waals surface area contributed by atoms with E-state index < -0.39 is 10.0 Å². The first-order valence-electron chi connectivity index (χ1n) is 11.1. The van der Waals surface area contributed by atoms with Crippen LogP contribution in [-0.4, -0.2) is 49.3 Å². The lowest BCUT2D eigenvalue weighted by Gasteiger charge is -2.61. The van der Waals surface area contributed by atoms with Gasteiger partial charge in [-0.25, -0.2) is 8.42 Å². The Morgan fingerprint density at radius 1 is 0.821 bits per heavy atom. The van der Waals surface area contributed by atoms with Crippen LogP contribution in [0.4, 0.5) is 0 Å². The van der Waals surface area contributed by atoms with E-state index in [1.807, 2.05) is 32.9 Å². The van der Waals surface area contributed by atoms with E-state index in [0.29, 0.717) is 23.5 Å². The second-order valence-corrected chi connectivity index (χ2v) is 12.1. The van der Waals surface area contributed by atoms with Crippen LogP contribution in [0.2, 0.25) is 0 Å². The molecule has 0 atom stereocenters. The Balaban J connectivity index is 1.34. The van der Waals surface area contributed by atoms with E-state index in [9.17, 15) is 8.42 Å². The number of hydrogen-bond acceptors (Lipinski definition) is 3. The summed E-state index contributed by atoms with van der Waals surface area (Å²) in [5.41, 5.74) is 3.27. The zero-order chi connectivity index (χ0) is 19.7. The Bertz CT molecular complexity index is 826. The van der Waals surface area contributed by atoms with E-state index in [4.69, 9.17) is 0 Å². The van der Waals surface area contributed by atoms with Crippen LogP contribution < -0.4 is 0 Å². The van der Waals surface area contributed by atoms with Crippen LogP contribution in [0.15, 0.2) is 17.0 Å². The zero-order valence-corrected chi connectivity index (χ0v) is 18.4. The van der Waals surface area contributed by atoms with Crippen molar-refractivity contribution in [3.63, 3.8) is 0 Å². The summed E-state index contributed by atoms with van der Waals surface area (Å²) in [6, 6.07) is 3.98. The molecule has 28 heavy (non-hydrogen) atoms. The highest BCUT2D eigenvalue weighted by Gasteiger charge is 2.54. The Kier molecular flexibility index (Phi) is 4.46. The first-order valence-corrected chi connectivity index (χ1v) is 12.5. The maximum absolute atomic E-state index is 13.4. The van der Waals surface area contributed by atoms with Crippen molar-refractivity contribution in [2.45, 2.75) is 69.7 Å². The van der Waals surface area contributed by atoms with Crippen LogP contribution >= 0.6 is 0 Å². The normalized spacial score (nSPS) is 36.2. The van der Waals surface area contributed by atoms with Crippen LogP contribution in [0.3, 0.4) is 0 Å². The van der Waals surface area contributed by atoms with E-state index >= 15 is 0 Å². The SMILES string of the molecule is Cc1cc(C)c(S(=O)(=O)N2CCN(C34CC5CC(CC(C5)C3)C4)CC2)c(C)c1. The molecule has 5 aliphatic rings. The molecular weight excluding hydrogens is 368 g/mol. The molecule has 0 amide bonds. The summed E-state index contributed by atoms with van der Waals surface area (Å²) in [6.07, 6.45) is 8.46. The molecule has 0 unspecified atom stereocenters. The minimum Gasteiger partial charge on any atom is -0.295 e. The highest BCUT2D eigenvalue weighted by atomic mass is 32.2. The number of rotatable bonds is 3. The summed E-state index contributed by atoms with van der Waals surface area (Å²) in [6.45, 7) is 8.95. The van der Waals surface area contributed by atoms with Crippen molar-refractivity contribution >= 4 is 10.0 Å². The first kappa shape index (κ1) is 19.1. The van der Waals surface area contributed by atoms with E-state index in [2.05, 4.69) is 4.90 Å². The van der Waals surface area contributed by atoms with Crippen molar-refractivity contribution in [3.05, 3.63) is 28.8 Å². The van der Waals surface area contributed by atoms with Gasteiger partial charge in [-0.05, 0) is 88.2 Å². The summed E-state index contributed by atoms with van der Waals surface area (Å²) >= 11 is 0. The summed E-state index contributed by atoms with van der Waals surface area (Å²) < 4.78 is 28.5. The van der Waals surface area contributed by atoms with Crippen molar-refractivity contribution in [2.75, 3.05) is 26.2 Å². The lowest BCUT2D eigenvalue weighted by molar-refractivity contribution is -0.0964. The molecule has 4 bridgehead atoms. The van der Waals surface area contributed by atoms with Crippen molar-refractivity contribution in [1.29, 1.82) is 0 Å². The Labute approximate surface area is 170 Å². The molecule has 0 spiro atoms. The zero-order valence-electron chi connectivity index (χ0n) is 17.6. The Hall–Kier alpha value is -0.910. The molecule has 1 saturated heterocycles. The fraction of sp³-hybridized carbons (Fsp3) is 0.739. The largest absolute Gasteiger partial charge is 0.295 e. The number of benzene rings is 1. The fourth-order valence-corrected chi connectivity index (χ4v) is 9.39. The second-order valence-electron chi connectivity index (χ2n) is 10.3. The highest BCUT2D eigenvalue weighted by Crippen LogP contribution is 2.57. The average molecular weight is 403 g/mol. The molecule has 0 N–H and O–H groups in total. The molecule has 4 aliphatic carbocycles. The predicted octanol–water partition coefficient (Wildman–Crippen LogP) is 3.89. The molecule has 1 aliphatic heterocycles. The van der Waals surface area contributed by atoms with Crippen LogP contribution in [0.1, 0.15) is 55.2 Å². The van der Waals surface area contributed by atoms with Crippen molar-refractivity contribution in [3.8, 4) is 0 Å². The number of piperazine rings is 1. The summed E-state index contributed by atoms with van der Waals surface area (Å²) in [4.78, 5) is 3.22. The standard InChI is InChI=1S/C23H34N2O2S/c1-16-8-17(2)22(18(3)9-16)28(26,27)25-6-4-24(5-7-25)23-13-19-10-20(14-23)12-21(11-19)15-23/h8-9,19-21H,4-7,10-15H2,1-3H3. The van der Waals surface area contributed by atoms with Crippen molar-refractivity contribution < 1.29 is 8.42 Å². The van der Waals surface area contributed by atoms with Gasteiger partial charge in [0.2, 0.25) is 10.0 Å². The lowest BCUT2D eigenvalue weighted by Crippen LogP contribution is -2.64. The van der Waals surface area contributed by atoms with Crippen molar-refractivity contribution in [1.82, 2.24) is 9.21 Å². The minimum absolute atomic E-state index is 0.389. The van der Waals surface area contributed by atoms with Crippen LogP contribution in [0.5, 0.6) is 0 Å². The monoisotopic (exact) mass is 402 g/mol. The maximum Gasteiger partial charge on any atom is 0.243 e. The molecule has 0 aromatic heterocycles. The van der Waals surface area contributed by atoms with Gasteiger partial charge in [-0.3, -0.25) is 4.90 Å². The minimum atomic E-state index is -3.41. The number of nitrogens with zero attached hydrogens (tertiary/aromatic N) is 2.